The third-order valence-electron chi connectivity index (χ3n) is 1.81. The molecule has 0 aliphatic heterocycles. The standard InChI is InChI=1S/C9H18O2/c1-5-7-9(3,10)8(6-2)11-4/h5,7-8,10H,6H2,1-4H3/b7-5+. The minimum Gasteiger partial charge on any atom is -0.383 e. The Kier molecular flexibility index (Phi) is 4.38. The van der Waals surface area contributed by atoms with Crippen LogP contribution >= 0.6 is 0 Å². The Bertz CT molecular complexity index is 124. The summed E-state index contributed by atoms with van der Waals surface area (Å²) in [6.07, 6.45) is 4.29. The van der Waals surface area contributed by atoms with Crippen molar-refractivity contribution in [2.75, 3.05) is 7.11 Å². The average Bonchev–Trinajstić information content (AvgIpc) is 1.89. The molecule has 0 spiro atoms. The Morgan fingerprint density at radius 1 is 1.64 bits per heavy atom. The van der Waals surface area contributed by atoms with Gasteiger partial charge in [-0.2, -0.15) is 0 Å². The maximum atomic E-state index is 9.76. The van der Waals surface area contributed by atoms with Crippen LogP contribution < -0.4 is 0 Å². The molecule has 0 saturated heterocycles. The first kappa shape index (κ1) is 10.7. The quantitative estimate of drug-likeness (QED) is 0.631. The maximum absolute atomic E-state index is 9.76. The molecule has 0 saturated carbocycles. The van der Waals surface area contributed by atoms with E-state index in [1.807, 2.05) is 19.9 Å². The number of allylic oxidation sites excluding steroid dienone is 1. The predicted octanol–water partition coefficient (Wildman–Crippen LogP) is 1.74. The van der Waals surface area contributed by atoms with E-state index < -0.39 is 5.60 Å². The summed E-state index contributed by atoms with van der Waals surface area (Å²) in [7, 11) is 1.62. The highest BCUT2D eigenvalue weighted by Gasteiger charge is 2.26. The number of hydrogen-bond acceptors (Lipinski definition) is 2. The highest BCUT2D eigenvalue weighted by molar-refractivity contribution is 5.01. The van der Waals surface area contributed by atoms with Crippen LogP contribution in [0.2, 0.25) is 0 Å². The van der Waals surface area contributed by atoms with E-state index in [0.717, 1.165) is 6.42 Å². The molecule has 0 amide bonds. The zero-order valence-corrected chi connectivity index (χ0v) is 7.79. The third kappa shape index (κ3) is 3.04. The molecule has 0 aromatic carbocycles. The van der Waals surface area contributed by atoms with Crippen molar-refractivity contribution in [1.29, 1.82) is 0 Å². The number of aliphatic hydroxyl groups is 1. The molecule has 0 heterocycles. The van der Waals surface area contributed by atoms with Gasteiger partial charge in [-0.05, 0) is 20.3 Å². The van der Waals surface area contributed by atoms with Crippen LogP contribution in [0.4, 0.5) is 0 Å². The SMILES string of the molecule is C/C=C/C(C)(O)C(CC)OC. The van der Waals surface area contributed by atoms with Crippen LogP contribution in [0, 0.1) is 0 Å². The van der Waals surface area contributed by atoms with Gasteiger partial charge in [-0.15, -0.1) is 0 Å². The maximum Gasteiger partial charge on any atom is 0.106 e. The minimum atomic E-state index is -0.835. The monoisotopic (exact) mass is 158 g/mol. The van der Waals surface area contributed by atoms with Gasteiger partial charge in [0.2, 0.25) is 0 Å². The molecule has 11 heavy (non-hydrogen) atoms. The lowest BCUT2D eigenvalue weighted by Gasteiger charge is -2.27. The number of methoxy groups -OCH3 is 1. The number of rotatable bonds is 4. The van der Waals surface area contributed by atoms with Crippen LogP contribution in [0.5, 0.6) is 0 Å². The summed E-state index contributed by atoms with van der Waals surface area (Å²) in [4.78, 5) is 0. The molecule has 0 bridgehead atoms. The highest BCUT2D eigenvalue weighted by atomic mass is 16.5. The molecule has 2 unspecified atom stereocenters. The molecule has 2 heteroatoms. The molecular weight excluding hydrogens is 140 g/mol. The topological polar surface area (TPSA) is 29.5 Å². The molecular formula is C9H18O2. The molecule has 0 aromatic heterocycles. The van der Waals surface area contributed by atoms with Gasteiger partial charge in [0.25, 0.3) is 0 Å². The van der Waals surface area contributed by atoms with Crippen molar-refractivity contribution in [3.05, 3.63) is 12.2 Å². The second-order valence-electron chi connectivity index (χ2n) is 2.86. The van der Waals surface area contributed by atoms with E-state index >= 15 is 0 Å². The van der Waals surface area contributed by atoms with Crippen LogP contribution in [0.3, 0.4) is 0 Å². The van der Waals surface area contributed by atoms with Crippen molar-refractivity contribution < 1.29 is 9.84 Å². The Labute approximate surface area is 68.9 Å². The molecule has 0 rings (SSSR count). The van der Waals surface area contributed by atoms with Crippen molar-refractivity contribution in [1.82, 2.24) is 0 Å². The minimum absolute atomic E-state index is 0.112. The van der Waals surface area contributed by atoms with Gasteiger partial charge in [0.05, 0.1) is 6.10 Å². The fourth-order valence-corrected chi connectivity index (χ4v) is 1.26. The van der Waals surface area contributed by atoms with E-state index in [9.17, 15) is 5.11 Å². The predicted molar refractivity (Wildman–Crippen MR) is 46.5 cm³/mol. The normalized spacial score (nSPS) is 20.1. The molecule has 2 atom stereocenters. The molecule has 66 valence electrons. The lowest BCUT2D eigenvalue weighted by atomic mass is 9.96. The Balaban J connectivity index is 4.23. The lowest BCUT2D eigenvalue weighted by molar-refractivity contribution is -0.0521. The molecule has 0 aliphatic carbocycles. The third-order valence-corrected chi connectivity index (χ3v) is 1.81. The summed E-state index contributed by atoms with van der Waals surface area (Å²) in [5.74, 6) is 0. The largest absolute Gasteiger partial charge is 0.383 e. The molecule has 1 N–H and O–H groups in total. The molecule has 0 radical (unpaired) electrons. The van der Waals surface area contributed by atoms with Crippen LogP contribution in [-0.4, -0.2) is 23.9 Å². The van der Waals surface area contributed by atoms with E-state index in [1.165, 1.54) is 0 Å². The van der Waals surface area contributed by atoms with Crippen molar-refractivity contribution in [2.45, 2.75) is 38.9 Å². The van der Waals surface area contributed by atoms with E-state index in [1.54, 1.807) is 20.1 Å². The summed E-state index contributed by atoms with van der Waals surface area (Å²) >= 11 is 0. The van der Waals surface area contributed by atoms with Crippen LogP contribution in [0.25, 0.3) is 0 Å². The first-order valence-electron chi connectivity index (χ1n) is 3.97. The second-order valence-corrected chi connectivity index (χ2v) is 2.86. The van der Waals surface area contributed by atoms with E-state index in [0.29, 0.717) is 0 Å². The summed E-state index contributed by atoms with van der Waals surface area (Å²) in [6, 6.07) is 0. The van der Waals surface area contributed by atoms with Gasteiger partial charge in [-0.25, -0.2) is 0 Å². The number of hydrogen-bond donors (Lipinski definition) is 1. The number of ether oxygens (including phenoxy) is 1. The fourth-order valence-electron chi connectivity index (χ4n) is 1.26. The second kappa shape index (κ2) is 4.52. The smallest absolute Gasteiger partial charge is 0.106 e. The van der Waals surface area contributed by atoms with Crippen LogP contribution in [-0.2, 0) is 4.74 Å². The average molecular weight is 158 g/mol. The van der Waals surface area contributed by atoms with Gasteiger partial charge in [0, 0.05) is 7.11 Å². The van der Waals surface area contributed by atoms with Gasteiger partial charge >= 0.3 is 0 Å². The zero-order valence-electron chi connectivity index (χ0n) is 7.79. The van der Waals surface area contributed by atoms with Crippen LogP contribution in [0.1, 0.15) is 27.2 Å². The summed E-state index contributed by atoms with van der Waals surface area (Å²) in [5, 5.41) is 9.76. The fraction of sp³-hybridized carbons (Fsp3) is 0.778. The first-order chi connectivity index (χ1) is 5.08. The summed E-state index contributed by atoms with van der Waals surface area (Å²) in [6.45, 7) is 5.63. The van der Waals surface area contributed by atoms with Crippen LogP contribution in [0.15, 0.2) is 12.2 Å². The molecule has 0 fully saturated rings. The highest BCUT2D eigenvalue weighted by Crippen LogP contribution is 2.17. The van der Waals surface area contributed by atoms with E-state index in [4.69, 9.17) is 4.74 Å². The Hall–Kier alpha value is -0.340. The molecule has 2 nitrogen and oxygen atoms in total. The lowest BCUT2D eigenvalue weighted by Crippen LogP contribution is -2.38. The van der Waals surface area contributed by atoms with E-state index in [2.05, 4.69) is 0 Å². The molecule has 0 aromatic rings. The Morgan fingerprint density at radius 2 is 2.18 bits per heavy atom. The van der Waals surface area contributed by atoms with Gasteiger partial charge < -0.3 is 9.84 Å². The first-order valence-corrected chi connectivity index (χ1v) is 3.97. The van der Waals surface area contributed by atoms with Gasteiger partial charge in [-0.1, -0.05) is 19.1 Å². The van der Waals surface area contributed by atoms with Crippen molar-refractivity contribution >= 4 is 0 Å². The van der Waals surface area contributed by atoms with E-state index in [-0.39, 0.29) is 6.10 Å². The summed E-state index contributed by atoms with van der Waals surface area (Å²) in [5.41, 5.74) is -0.835. The van der Waals surface area contributed by atoms with Crippen molar-refractivity contribution in [2.24, 2.45) is 0 Å². The van der Waals surface area contributed by atoms with Gasteiger partial charge in [-0.3, -0.25) is 0 Å². The van der Waals surface area contributed by atoms with Crippen molar-refractivity contribution in [3.63, 3.8) is 0 Å². The molecule has 0 aliphatic rings. The van der Waals surface area contributed by atoms with Gasteiger partial charge in [0.15, 0.2) is 0 Å². The zero-order chi connectivity index (χ0) is 8.91. The summed E-state index contributed by atoms with van der Waals surface area (Å²) < 4.78 is 5.12. The van der Waals surface area contributed by atoms with Gasteiger partial charge in [0.1, 0.15) is 5.60 Å². The van der Waals surface area contributed by atoms with Crippen molar-refractivity contribution in [3.8, 4) is 0 Å². The Morgan fingerprint density at radius 3 is 2.45 bits per heavy atom.